The third-order valence-electron chi connectivity index (χ3n) is 3.98. The van der Waals surface area contributed by atoms with Crippen LogP contribution in [0.3, 0.4) is 0 Å². The van der Waals surface area contributed by atoms with Gasteiger partial charge in [-0.15, -0.1) is 0 Å². The zero-order valence-electron chi connectivity index (χ0n) is 12.3. The highest BCUT2D eigenvalue weighted by Crippen LogP contribution is 2.24. The number of hydrogen-bond donors (Lipinski definition) is 0. The van der Waals surface area contributed by atoms with Crippen molar-refractivity contribution in [3.05, 3.63) is 34.9 Å². The maximum Gasteiger partial charge on any atom is 0.182 e. The molecule has 2 rings (SSSR count). The number of ether oxygens (including phenoxy) is 1. The van der Waals surface area contributed by atoms with Crippen molar-refractivity contribution in [2.24, 2.45) is 0 Å². The Balaban J connectivity index is 2.26. The van der Waals surface area contributed by atoms with Crippen LogP contribution in [0, 0.1) is 13.8 Å². The number of ketones is 1. The van der Waals surface area contributed by atoms with Crippen LogP contribution in [-0.4, -0.2) is 42.5 Å². The maximum atomic E-state index is 12.8. The van der Waals surface area contributed by atoms with Crippen molar-refractivity contribution >= 4 is 5.78 Å². The van der Waals surface area contributed by atoms with E-state index in [1.807, 2.05) is 39.8 Å². The van der Waals surface area contributed by atoms with Gasteiger partial charge in [0.05, 0.1) is 18.8 Å². The minimum absolute atomic E-state index is 0.201. The van der Waals surface area contributed by atoms with Crippen molar-refractivity contribution in [1.82, 2.24) is 4.90 Å². The molecule has 0 unspecified atom stereocenters. The predicted octanol–water partition coefficient (Wildman–Crippen LogP) is 2.60. The number of carbonyl (C=O) groups excluding carboxylic acids is 1. The van der Waals surface area contributed by atoms with E-state index in [1.54, 1.807) is 0 Å². The van der Waals surface area contributed by atoms with Crippen LogP contribution in [0.25, 0.3) is 0 Å². The average Bonchev–Trinajstić information content (AvgIpc) is 2.39. The van der Waals surface area contributed by atoms with Crippen LogP contribution in [0.2, 0.25) is 0 Å². The molecule has 1 aliphatic heterocycles. The summed E-state index contributed by atoms with van der Waals surface area (Å²) < 4.78 is 5.37. The standard InChI is InChI=1S/C16H23NO2/c1-12-5-6-14(13(2)11-12)15(18)16(3,4)17-7-9-19-10-8-17/h5-6,11H,7-10H2,1-4H3. The Morgan fingerprint density at radius 2 is 1.84 bits per heavy atom. The van der Waals surface area contributed by atoms with Gasteiger partial charge in [0, 0.05) is 18.7 Å². The van der Waals surface area contributed by atoms with Gasteiger partial charge >= 0.3 is 0 Å². The van der Waals surface area contributed by atoms with Crippen molar-refractivity contribution in [2.75, 3.05) is 26.3 Å². The third kappa shape index (κ3) is 2.88. The minimum atomic E-state index is -0.468. The Labute approximate surface area is 115 Å². The van der Waals surface area contributed by atoms with Gasteiger partial charge in [0.2, 0.25) is 0 Å². The molecule has 3 heteroatoms. The SMILES string of the molecule is Cc1ccc(C(=O)C(C)(C)N2CCOCC2)c(C)c1. The number of rotatable bonds is 3. The Morgan fingerprint density at radius 1 is 1.21 bits per heavy atom. The number of Topliss-reactive ketones (excluding diaryl/α,β-unsaturated/α-hetero) is 1. The molecule has 0 aliphatic carbocycles. The van der Waals surface area contributed by atoms with Crippen molar-refractivity contribution < 1.29 is 9.53 Å². The lowest BCUT2D eigenvalue weighted by Crippen LogP contribution is -2.54. The van der Waals surface area contributed by atoms with Crippen molar-refractivity contribution in [3.8, 4) is 0 Å². The molecule has 0 aromatic heterocycles. The van der Waals surface area contributed by atoms with Gasteiger partial charge in [0.25, 0.3) is 0 Å². The molecule has 0 saturated carbocycles. The molecule has 104 valence electrons. The lowest BCUT2D eigenvalue weighted by molar-refractivity contribution is -0.00432. The topological polar surface area (TPSA) is 29.5 Å². The molecule has 1 aromatic rings. The van der Waals surface area contributed by atoms with Gasteiger partial charge in [-0.25, -0.2) is 0 Å². The Kier molecular flexibility index (Phi) is 4.07. The number of benzene rings is 1. The minimum Gasteiger partial charge on any atom is -0.379 e. The van der Waals surface area contributed by atoms with E-state index in [0.29, 0.717) is 13.2 Å². The quantitative estimate of drug-likeness (QED) is 0.783. The average molecular weight is 261 g/mol. The molecular weight excluding hydrogens is 238 g/mol. The van der Waals surface area contributed by atoms with Gasteiger partial charge in [-0.3, -0.25) is 9.69 Å². The van der Waals surface area contributed by atoms with Crippen LogP contribution in [-0.2, 0) is 4.74 Å². The first-order valence-electron chi connectivity index (χ1n) is 6.88. The molecule has 1 aliphatic rings. The summed E-state index contributed by atoms with van der Waals surface area (Å²) in [5.41, 5.74) is 2.62. The number of hydrogen-bond acceptors (Lipinski definition) is 3. The second-order valence-corrected chi connectivity index (χ2v) is 5.81. The van der Waals surface area contributed by atoms with Crippen molar-refractivity contribution in [3.63, 3.8) is 0 Å². The second kappa shape index (κ2) is 5.43. The lowest BCUT2D eigenvalue weighted by Gasteiger charge is -2.39. The second-order valence-electron chi connectivity index (χ2n) is 5.81. The van der Waals surface area contributed by atoms with E-state index in [9.17, 15) is 4.79 Å². The summed E-state index contributed by atoms with van der Waals surface area (Å²) in [6.45, 7) is 11.2. The molecule has 0 N–H and O–H groups in total. The molecule has 3 nitrogen and oxygen atoms in total. The van der Waals surface area contributed by atoms with Gasteiger partial charge in [0.15, 0.2) is 5.78 Å². The fourth-order valence-corrected chi connectivity index (χ4v) is 2.66. The molecule has 19 heavy (non-hydrogen) atoms. The van der Waals surface area contributed by atoms with E-state index in [0.717, 1.165) is 24.2 Å². The van der Waals surface area contributed by atoms with Crippen LogP contribution >= 0.6 is 0 Å². The molecule has 0 atom stereocenters. The molecule has 1 fully saturated rings. The maximum absolute atomic E-state index is 12.8. The van der Waals surface area contributed by atoms with Gasteiger partial charge in [-0.05, 0) is 33.3 Å². The Morgan fingerprint density at radius 3 is 2.42 bits per heavy atom. The number of morpholine rings is 1. The van der Waals surface area contributed by atoms with Gasteiger partial charge in [0.1, 0.15) is 0 Å². The van der Waals surface area contributed by atoms with Crippen LogP contribution < -0.4 is 0 Å². The largest absolute Gasteiger partial charge is 0.379 e. The molecule has 0 bridgehead atoms. The van der Waals surface area contributed by atoms with E-state index >= 15 is 0 Å². The van der Waals surface area contributed by atoms with E-state index in [4.69, 9.17) is 4.74 Å². The van der Waals surface area contributed by atoms with E-state index in [1.165, 1.54) is 5.56 Å². The highest BCUT2D eigenvalue weighted by molar-refractivity contribution is 6.03. The number of aryl methyl sites for hydroxylation is 2. The first-order chi connectivity index (χ1) is 8.93. The molecular formula is C16H23NO2. The summed E-state index contributed by atoms with van der Waals surface area (Å²) in [6.07, 6.45) is 0. The normalized spacial score (nSPS) is 17.5. The van der Waals surface area contributed by atoms with Gasteiger partial charge in [-0.2, -0.15) is 0 Å². The van der Waals surface area contributed by atoms with Crippen molar-refractivity contribution in [1.29, 1.82) is 0 Å². The first-order valence-corrected chi connectivity index (χ1v) is 6.88. The highest BCUT2D eigenvalue weighted by Gasteiger charge is 2.36. The Bertz CT molecular complexity index is 474. The van der Waals surface area contributed by atoms with Crippen LogP contribution in [0.15, 0.2) is 18.2 Å². The molecule has 0 amide bonds. The fraction of sp³-hybridized carbons (Fsp3) is 0.562. The van der Waals surface area contributed by atoms with Crippen LogP contribution in [0.4, 0.5) is 0 Å². The van der Waals surface area contributed by atoms with Crippen molar-refractivity contribution in [2.45, 2.75) is 33.2 Å². The summed E-state index contributed by atoms with van der Waals surface area (Å²) in [5, 5.41) is 0. The molecule has 1 heterocycles. The highest BCUT2D eigenvalue weighted by atomic mass is 16.5. The smallest absolute Gasteiger partial charge is 0.182 e. The summed E-state index contributed by atoms with van der Waals surface area (Å²) in [7, 11) is 0. The molecule has 0 spiro atoms. The summed E-state index contributed by atoms with van der Waals surface area (Å²) in [6, 6.07) is 6.04. The van der Waals surface area contributed by atoms with Crippen LogP contribution in [0.1, 0.15) is 35.3 Å². The zero-order chi connectivity index (χ0) is 14.0. The lowest BCUT2D eigenvalue weighted by atomic mass is 9.88. The number of nitrogens with zero attached hydrogens (tertiary/aromatic N) is 1. The Hall–Kier alpha value is -1.19. The van der Waals surface area contributed by atoms with Crippen LogP contribution in [0.5, 0.6) is 0 Å². The van der Waals surface area contributed by atoms with E-state index in [2.05, 4.69) is 11.0 Å². The summed E-state index contributed by atoms with van der Waals surface area (Å²) in [4.78, 5) is 15.0. The predicted molar refractivity (Wildman–Crippen MR) is 76.7 cm³/mol. The summed E-state index contributed by atoms with van der Waals surface area (Å²) in [5.74, 6) is 0.201. The first kappa shape index (κ1) is 14.2. The monoisotopic (exact) mass is 261 g/mol. The number of carbonyl (C=O) groups is 1. The van der Waals surface area contributed by atoms with E-state index < -0.39 is 5.54 Å². The zero-order valence-corrected chi connectivity index (χ0v) is 12.3. The van der Waals surface area contributed by atoms with Gasteiger partial charge in [-0.1, -0.05) is 23.8 Å². The third-order valence-corrected chi connectivity index (χ3v) is 3.98. The molecule has 0 radical (unpaired) electrons. The van der Waals surface area contributed by atoms with Gasteiger partial charge < -0.3 is 4.74 Å². The molecule has 1 aromatic carbocycles. The fourth-order valence-electron chi connectivity index (χ4n) is 2.66. The molecule has 1 saturated heterocycles. The van der Waals surface area contributed by atoms with E-state index in [-0.39, 0.29) is 5.78 Å². The summed E-state index contributed by atoms with van der Waals surface area (Å²) >= 11 is 0.